The van der Waals surface area contributed by atoms with Gasteiger partial charge in [-0.2, -0.15) is 4.31 Å². The fourth-order valence-corrected chi connectivity index (χ4v) is 5.27. The van der Waals surface area contributed by atoms with Gasteiger partial charge < -0.3 is 9.84 Å². The van der Waals surface area contributed by atoms with Crippen LogP contribution >= 0.6 is 0 Å². The smallest absolute Gasteiger partial charge is 0.410 e. The number of hydrogen-bond donors (Lipinski definition) is 1. The molecule has 12 heteroatoms. The van der Waals surface area contributed by atoms with Crippen LogP contribution in [0.1, 0.15) is 18.9 Å². The second-order valence-corrected chi connectivity index (χ2v) is 9.56. The number of non-ortho nitro benzene ring substituents is 1. The van der Waals surface area contributed by atoms with Crippen molar-refractivity contribution >= 4 is 27.8 Å². The van der Waals surface area contributed by atoms with Gasteiger partial charge in [-0.15, -0.1) is 0 Å². The van der Waals surface area contributed by atoms with Gasteiger partial charge in [0.2, 0.25) is 10.0 Å². The molecular weight excluding hydrogens is 454 g/mol. The fraction of sp³-hybridized carbons (Fsp3) is 0.333. The number of hydrogen-bond acceptors (Lipinski definition) is 7. The van der Waals surface area contributed by atoms with Crippen LogP contribution in [-0.2, 0) is 26.2 Å². The lowest BCUT2D eigenvalue weighted by atomic mass is 10.1. The highest BCUT2D eigenvalue weighted by Crippen LogP contribution is 2.26. The largest absolute Gasteiger partial charge is 0.481 e. The Hall–Kier alpha value is -3.51. The van der Waals surface area contributed by atoms with E-state index in [2.05, 4.69) is 0 Å². The van der Waals surface area contributed by atoms with Crippen LogP contribution in [0.4, 0.5) is 10.5 Å². The van der Waals surface area contributed by atoms with Crippen molar-refractivity contribution in [2.75, 3.05) is 13.1 Å². The third-order valence-electron chi connectivity index (χ3n) is 5.26. The summed E-state index contributed by atoms with van der Waals surface area (Å²) in [4.78, 5) is 35.5. The van der Waals surface area contributed by atoms with E-state index in [0.29, 0.717) is 0 Å². The Bertz CT molecular complexity index is 1120. The van der Waals surface area contributed by atoms with E-state index in [0.717, 1.165) is 34.1 Å². The predicted octanol–water partition coefficient (Wildman–Crippen LogP) is 2.47. The molecule has 1 N–H and O–H groups in total. The van der Waals surface area contributed by atoms with Crippen LogP contribution in [0.15, 0.2) is 59.5 Å². The molecule has 176 valence electrons. The van der Waals surface area contributed by atoms with Crippen LogP contribution in [0.25, 0.3) is 0 Å². The molecule has 1 saturated heterocycles. The lowest BCUT2D eigenvalue weighted by Gasteiger charge is -2.43. The first-order valence-corrected chi connectivity index (χ1v) is 11.5. The maximum absolute atomic E-state index is 13.1. The maximum atomic E-state index is 13.1. The minimum Gasteiger partial charge on any atom is -0.481 e. The van der Waals surface area contributed by atoms with Gasteiger partial charge in [0, 0.05) is 31.3 Å². The van der Waals surface area contributed by atoms with Crippen molar-refractivity contribution in [3.63, 3.8) is 0 Å². The van der Waals surface area contributed by atoms with Crippen molar-refractivity contribution in [1.29, 1.82) is 0 Å². The molecule has 1 fully saturated rings. The lowest BCUT2D eigenvalue weighted by Crippen LogP contribution is -2.61. The third kappa shape index (κ3) is 5.65. The molecule has 0 bridgehead atoms. The number of carboxylic acids is 1. The topological polar surface area (TPSA) is 147 Å². The first-order valence-electron chi connectivity index (χ1n) is 10.0. The maximum Gasteiger partial charge on any atom is 0.410 e. The first kappa shape index (κ1) is 24.1. The van der Waals surface area contributed by atoms with E-state index < -0.39 is 45.5 Å². The molecule has 1 amide bonds. The number of benzene rings is 2. The van der Waals surface area contributed by atoms with Crippen molar-refractivity contribution in [3.8, 4) is 0 Å². The summed E-state index contributed by atoms with van der Waals surface area (Å²) in [5, 5.41) is 20.2. The number of carboxylic acid groups (broad SMARTS) is 1. The van der Waals surface area contributed by atoms with Gasteiger partial charge in [0.05, 0.1) is 22.3 Å². The Labute approximate surface area is 190 Å². The van der Waals surface area contributed by atoms with Crippen LogP contribution in [0.2, 0.25) is 0 Å². The average molecular weight is 477 g/mol. The van der Waals surface area contributed by atoms with E-state index in [1.165, 1.54) is 4.90 Å². The van der Waals surface area contributed by atoms with Gasteiger partial charge >= 0.3 is 12.1 Å². The SMILES string of the molecule is C[C@@H]1CN(S(=O)(=O)c2ccc([N+](=O)[O-])cc2)C[C@H](CC(=O)O)N1C(=O)OCc1ccccc1. The summed E-state index contributed by atoms with van der Waals surface area (Å²) in [5.74, 6) is -1.19. The van der Waals surface area contributed by atoms with Crippen LogP contribution in [0.3, 0.4) is 0 Å². The Balaban J connectivity index is 1.79. The zero-order valence-electron chi connectivity index (χ0n) is 17.7. The minimum atomic E-state index is -4.07. The van der Waals surface area contributed by atoms with Gasteiger partial charge in [0.1, 0.15) is 6.61 Å². The molecular formula is C21H23N3O8S. The normalized spacial score (nSPS) is 19.1. The van der Waals surface area contributed by atoms with Gasteiger partial charge in [-0.1, -0.05) is 30.3 Å². The molecule has 0 saturated carbocycles. The van der Waals surface area contributed by atoms with E-state index in [9.17, 15) is 33.2 Å². The van der Waals surface area contributed by atoms with Crippen LogP contribution in [-0.4, -0.2) is 64.9 Å². The van der Waals surface area contributed by atoms with Crippen molar-refractivity contribution in [2.24, 2.45) is 0 Å². The molecule has 11 nitrogen and oxygen atoms in total. The number of aliphatic carboxylic acids is 1. The van der Waals surface area contributed by atoms with Gasteiger partial charge in [-0.25, -0.2) is 13.2 Å². The van der Waals surface area contributed by atoms with Gasteiger partial charge in [-0.05, 0) is 24.6 Å². The van der Waals surface area contributed by atoms with Gasteiger partial charge in [0.15, 0.2) is 0 Å². The van der Waals surface area contributed by atoms with E-state index in [1.807, 2.05) is 6.07 Å². The molecule has 0 aliphatic carbocycles. The molecule has 1 aliphatic rings. The van der Waals surface area contributed by atoms with Crippen molar-refractivity contribution in [1.82, 2.24) is 9.21 Å². The summed E-state index contributed by atoms with van der Waals surface area (Å²) in [6.45, 7) is 1.26. The number of carbonyl (C=O) groups is 2. The quantitative estimate of drug-likeness (QED) is 0.472. The van der Waals surface area contributed by atoms with E-state index in [-0.39, 0.29) is 30.3 Å². The van der Waals surface area contributed by atoms with Gasteiger partial charge in [-0.3, -0.25) is 19.8 Å². The molecule has 1 heterocycles. The van der Waals surface area contributed by atoms with E-state index in [1.54, 1.807) is 31.2 Å². The predicted molar refractivity (Wildman–Crippen MR) is 116 cm³/mol. The number of sulfonamides is 1. The summed E-state index contributed by atoms with van der Waals surface area (Å²) in [7, 11) is -4.07. The number of nitro groups is 1. The highest BCUT2D eigenvalue weighted by molar-refractivity contribution is 7.89. The Morgan fingerprint density at radius 1 is 1.12 bits per heavy atom. The second kappa shape index (κ2) is 9.96. The third-order valence-corrected chi connectivity index (χ3v) is 7.11. The van der Waals surface area contributed by atoms with E-state index >= 15 is 0 Å². The number of nitro benzene ring substituents is 1. The minimum absolute atomic E-state index is 0.00646. The number of carbonyl (C=O) groups excluding carboxylic acids is 1. The highest BCUT2D eigenvalue weighted by atomic mass is 32.2. The molecule has 33 heavy (non-hydrogen) atoms. The molecule has 3 rings (SSSR count). The number of ether oxygens (including phenoxy) is 1. The first-order chi connectivity index (χ1) is 15.6. The number of nitrogens with zero attached hydrogens (tertiary/aromatic N) is 3. The summed E-state index contributed by atoms with van der Waals surface area (Å²) in [6, 6.07) is 11.8. The zero-order chi connectivity index (χ0) is 24.2. The standard InChI is InChI=1S/C21H23N3O8S/c1-15-12-22(33(30,31)19-9-7-17(8-10-19)24(28)29)13-18(11-20(25)26)23(15)21(27)32-14-16-5-3-2-4-6-16/h2-10,15,18H,11-14H2,1H3,(H,25,26)/t15-,18+/m1/s1. The zero-order valence-corrected chi connectivity index (χ0v) is 18.6. The molecule has 2 aromatic rings. The molecule has 0 unspecified atom stereocenters. The lowest BCUT2D eigenvalue weighted by molar-refractivity contribution is -0.384. The molecule has 0 aromatic heterocycles. The Morgan fingerprint density at radius 2 is 1.76 bits per heavy atom. The number of amides is 1. The number of piperazine rings is 1. The molecule has 1 aliphatic heterocycles. The van der Waals surface area contributed by atoms with Crippen molar-refractivity contribution in [3.05, 3.63) is 70.3 Å². The number of rotatable bonds is 7. The monoisotopic (exact) mass is 477 g/mol. The summed E-state index contributed by atoms with van der Waals surface area (Å²) < 4.78 is 32.7. The van der Waals surface area contributed by atoms with Crippen LogP contribution < -0.4 is 0 Å². The van der Waals surface area contributed by atoms with Crippen LogP contribution in [0.5, 0.6) is 0 Å². The van der Waals surface area contributed by atoms with Crippen LogP contribution in [0, 0.1) is 10.1 Å². The molecule has 2 aromatic carbocycles. The van der Waals surface area contributed by atoms with Crippen molar-refractivity contribution < 1.29 is 32.8 Å². The Kier molecular flexibility index (Phi) is 7.29. The summed E-state index contributed by atoms with van der Waals surface area (Å²) in [6.07, 6.45) is -1.21. The molecule has 2 atom stereocenters. The average Bonchev–Trinajstić information content (AvgIpc) is 2.77. The second-order valence-electron chi connectivity index (χ2n) is 7.62. The molecule has 0 radical (unpaired) electrons. The van der Waals surface area contributed by atoms with Crippen molar-refractivity contribution in [2.45, 2.75) is 36.9 Å². The fourth-order valence-electron chi connectivity index (χ4n) is 3.71. The summed E-state index contributed by atoms with van der Waals surface area (Å²) in [5.41, 5.74) is 0.504. The molecule has 0 spiro atoms. The van der Waals surface area contributed by atoms with Gasteiger partial charge in [0.25, 0.3) is 5.69 Å². The van der Waals surface area contributed by atoms with E-state index in [4.69, 9.17) is 4.74 Å². The summed E-state index contributed by atoms with van der Waals surface area (Å²) >= 11 is 0. The Morgan fingerprint density at radius 3 is 2.33 bits per heavy atom. The highest BCUT2D eigenvalue weighted by Gasteiger charge is 2.41.